The van der Waals surface area contributed by atoms with E-state index < -0.39 is 9.84 Å². The Morgan fingerprint density at radius 3 is 2.70 bits per heavy atom. The lowest BCUT2D eigenvalue weighted by Gasteiger charge is -2.30. The van der Waals surface area contributed by atoms with E-state index in [2.05, 4.69) is 29.6 Å². The smallest absolute Gasteiger partial charge is 0.234 e. The standard InChI is InChI=1S/C23H30N2O4S/c1-17(19-9-8-18-5-2-3-6-20(18)13-19)24-23(26)15-25(14-22-7-4-11-29-22)21-10-12-30(27,28)16-21/h2-3,5-6,8-9,13,17,21-22H,4,7,10-12,14-16H2,1H3,(H,24,26). The molecule has 2 saturated heterocycles. The molecule has 3 unspecified atom stereocenters. The molecule has 2 aliphatic rings. The maximum Gasteiger partial charge on any atom is 0.234 e. The van der Waals surface area contributed by atoms with E-state index in [1.54, 1.807) is 0 Å². The fourth-order valence-electron chi connectivity index (χ4n) is 4.49. The lowest BCUT2D eigenvalue weighted by atomic mass is 10.0. The van der Waals surface area contributed by atoms with Gasteiger partial charge in [-0.3, -0.25) is 9.69 Å². The molecule has 2 aromatic carbocycles. The van der Waals surface area contributed by atoms with Gasteiger partial charge in [0.15, 0.2) is 9.84 Å². The molecule has 1 amide bonds. The zero-order valence-electron chi connectivity index (χ0n) is 17.4. The molecule has 162 valence electrons. The van der Waals surface area contributed by atoms with Crippen LogP contribution in [-0.2, 0) is 19.4 Å². The summed E-state index contributed by atoms with van der Waals surface area (Å²) >= 11 is 0. The van der Waals surface area contributed by atoms with E-state index in [4.69, 9.17) is 4.74 Å². The van der Waals surface area contributed by atoms with Crippen LogP contribution in [0.5, 0.6) is 0 Å². The lowest BCUT2D eigenvalue weighted by molar-refractivity contribution is -0.123. The van der Waals surface area contributed by atoms with Crippen molar-refractivity contribution < 1.29 is 17.9 Å². The van der Waals surface area contributed by atoms with Crippen LogP contribution in [-0.4, -0.2) is 62.6 Å². The molecule has 1 N–H and O–H groups in total. The summed E-state index contributed by atoms with van der Waals surface area (Å²) in [6.07, 6.45) is 2.65. The van der Waals surface area contributed by atoms with Crippen LogP contribution in [0, 0.1) is 0 Å². The Bertz CT molecular complexity index is 1000. The minimum atomic E-state index is -3.01. The Hall–Kier alpha value is -1.96. The van der Waals surface area contributed by atoms with Crippen molar-refractivity contribution >= 4 is 26.5 Å². The number of ether oxygens (including phenoxy) is 1. The zero-order chi connectivity index (χ0) is 21.1. The number of fused-ring (bicyclic) bond motifs is 1. The first-order valence-corrected chi connectivity index (χ1v) is 12.6. The Morgan fingerprint density at radius 2 is 2.00 bits per heavy atom. The van der Waals surface area contributed by atoms with E-state index in [0.29, 0.717) is 13.0 Å². The third-order valence-electron chi connectivity index (χ3n) is 6.18. The minimum Gasteiger partial charge on any atom is -0.377 e. The highest BCUT2D eigenvalue weighted by molar-refractivity contribution is 7.91. The molecule has 2 fully saturated rings. The van der Waals surface area contributed by atoms with Crippen LogP contribution in [0.4, 0.5) is 0 Å². The highest BCUT2D eigenvalue weighted by atomic mass is 32.2. The molecule has 2 heterocycles. The molecule has 0 aliphatic carbocycles. The lowest BCUT2D eigenvalue weighted by Crippen LogP contribution is -2.47. The van der Waals surface area contributed by atoms with Crippen molar-refractivity contribution in [3.8, 4) is 0 Å². The molecule has 6 nitrogen and oxygen atoms in total. The summed E-state index contributed by atoms with van der Waals surface area (Å²) in [6, 6.07) is 14.1. The van der Waals surface area contributed by atoms with Gasteiger partial charge in [-0.15, -0.1) is 0 Å². The van der Waals surface area contributed by atoms with Crippen LogP contribution < -0.4 is 5.32 Å². The van der Waals surface area contributed by atoms with Crippen LogP contribution in [0.25, 0.3) is 10.8 Å². The van der Waals surface area contributed by atoms with E-state index in [0.717, 1.165) is 30.4 Å². The second-order valence-electron chi connectivity index (χ2n) is 8.52. The quantitative estimate of drug-likeness (QED) is 0.731. The van der Waals surface area contributed by atoms with Crippen molar-refractivity contribution in [3.05, 3.63) is 48.0 Å². The summed E-state index contributed by atoms with van der Waals surface area (Å²) in [7, 11) is -3.01. The van der Waals surface area contributed by atoms with E-state index >= 15 is 0 Å². The topological polar surface area (TPSA) is 75.7 Å². The average molecular weight is 431 g/mol. The second-order valence-corrected chi connectivity index (χ2v) is 10.7. The minimum absolute atomic E-state index is 0.0824. The molecule has 2 aliphatic heterocycles. The fraction of sp³-hybridized carbons (Fsp3) is 0.522. The number of rotatable bonds is 7. The molecule has 30 heavy (non-hydrogen) atoms. The summed E-state index contributed by atoms with van der Waals surface area (Å²) in [6.45, 7) is 3.52. The first-order valence-electron chi connectivity index (χ1n) is 10.7. The van der Waals surface area contributed by atoms with E-state index in [1.807, 2.05) is 30.0 Å². The number of amides is 1. The normalized spacial score (nSPS) is 24.3. The van der Waals surface area contributed by atoms with Crippen molar-refractivity contribution in [2.24, 2.45) is 0 Å². The number of hydrogen-bond acceptors (Lipinski definition) is 5. The predicted octanol–water partition coefficient (Wildman–Crippen LogP) is 2.69. The molecular formula is C23H30N2O4S. The van der Waals surface area contributed by atoms with Crippen LogP contribution in [0.2, 0.25) is 0 Å². The van der Waals surface area contributed by atoms with Crippen molar-refractivity contribution in [2.75, 3.05) is 31.2 Å². The number of hydrogen-bond donors (Lipinski definition) is 1. The van der Waals surface area contributed by atoms with Gasteiger partial charge in [0.1, 0.15) is 0 Å². The first kappa shape index (κ1) is 21.3. The molecule has 3 atom stereocenters. The van der Waals surface area contributed by atoms with Gasteiger partial charge in [-0.05, 0) is 48.6 Å². The van der Waals surface area contributed by atoms with Gasteiger partial charge >= 0.3 is 0 Å². The molecule has 0 spiro atoms. The van der Waals surface area contributed by atoms with Gasteiger partial charge in [0.2, 0.25) is 5.91 Å². The SMILES string of the molecule is CC(NC(=O)CN(CC1CCCO1)C1CCS(=O)(=O)C1)c1ccc2ccccc2c1. The summed E-state index contributed by atoms with van der Waals surface area (Å²) < 4.78 is 29.7. The van der Waals surface area contributed by atoms with Gasteiger partial charge in [-0.2, -0.15) is 0 Å². The van der Waals surface area contributed by atoms with Gasteiger partial charge in [-0.25, -0.2) is 8.42 Å². The van der Waals surface area contributed by atoms with E-state index in [1.165, 1.54) is 5.39 Å². The predicted molar refractivity (Wildman–Crippen MR) is 118 cm³/mol. The van der Waals surface area contributed by atoms with Crippen LogP contribution >= 0.6 is 0 Å². The number of sulfone groups is 1. The average Bonchev–Trinajstić information content (AvgIpc) is 3.36. The summed E-state index contributed by atoms with van der Waals surface area (Å²) in [4.78, 5) is 14.9. The third-order valence-corrected chi connectivity index (χ3v) is 7.93. The van der Waals surface area contributed by atoms with Gasteiger partial charge in [0.05, 0.1) is 30.2 Å². The van der Waals surface area contributed by atoms with Crippen LogP contribution in [0.3, 0.4) is 0 Å². The molecular weight excluding hydrogens is 400 g/mol. The van der Waals surface area contributed by atoms with Gasteiger partial charge in [0, 0.05) is 19.2 Å². The van der Waals surface area contributed by atoms with Crippen LogP contribution in [0.1, 0.15) is 37.8 Å². The Morgan fingerprint density at radius 1 is 1.20 bits per heavy atom. The zero-order valence-corrected chi connectivity index (χ0v) is 18.2. The molecule has 0 radical (unpaired) electrons. The number of benzene rings is 2. The molecule has 0 saturated carbocycles. The molecule has 7 heteroatoms. The molecule has 0 aromatic heterocycles. The third kappa shape index (κ3) is 5.20. The van der Waals surface area contributed by atoms with E-state index in [9.17, 15) is 13.2 Å². The summed E-state index contributed by atoms with van der Waals surface area (Å²) in [5.74, 6) is 0.250. The highest BCUT2D eigenvalue weighted by Crippen LogP contribution is 2.22. The van der Waals surface area contributed by atoms with Crippen molar-refractivity contribution in [1.82, 2.24) is 10.2 Å². The van der Waals surface area contributed by atoms with Gasteiger partial charge in [0.25, 0.3) is 0 Å². The number of nitrogens with zero attached hydrogens (tertiary/aromatic N) is 1. The largest absolute Gasteiger partial charge is 0.377 e. The first-order chi connectivity index (χ1) is 14.4. The molecule has 2 aromatic rings. The number of carbonyl (C=O) groups is 1. The monoisotopic (exact) mass is 430 g/mol. The summed E-state index contributed by atoms with van der Waals surface area (Å²) in [5.41, 5.74) is 1.05. The van der Waals surface area contributed by atoms with Crippen molar-refractivity contribution in [3.63, 3.8) is 0 Å². The highest BCUT2D eigenvalue weighted by Gasteiger charge is 2.35. The Balaban J connectivity index is 1.41. The van der Waals surface area contributed by atoms with Gasteiger partial charge in [-0.1, -0.05) is 36.4 Å². The summed E-state index contributed by atoms with van der Waals surface area (Å²) in [5, 5.41) is 5.41. The molecule has 0 bridgehead atoms. The van der Waals surface area contributed by atoms with Crippen molar-refractivity contribution in [1.29, 1.82) is 0 Å². The fourth-order valence-corrected chi connectivity index (χ4v) is 6.25. The molecule has 4 rings (SSSR count). The maximum atomic E-state index is 12.8. The maximum absolute atomic E-state index is 12.8. The Kier molecular flexibility index (Phi) is 6.41. The number of nitrogens with one attached hydrogen (secondary N) is 1. The van der Waals surface area contributed by atoms with Crippen molar-refractivity contribution in [2.45, 2.75) is 44.4 Å². The van der Waals surface area contributed by atoms with Crippen LogP contribution in [0.15, 0.2) is 42.5 Å². The van der Waals surface area contributed by atoms with E-state index in [-0.39, 0.29) is 42.1 Å². The number of carbonyl (C=O) groups excluding carboxylic acids is 1. The Labute approximate surface area is 178 Å². The second kappa shape index (κ2) is 9.04. The van der Waals surface area contributed by atoms with Gasteiger partial charge < -0.3 is 10.1 Å².